The SMILES string of the molecule is CCO[Si](CCCCCCCCCC[Si](OCC)(OCC)OCC)(OC)OCC. The molecule has 0 aromatic carbocycles. The summed E-state index contributed by atoms with van der Waals surface area (Å²) in [7, 11) is -3.15. The monoisotopic (exact) mass is 452 g/mol. The van der Waals surface area contributed by atoms with Gasteiger partial charge in [0.05, 0.1) is 0 Å². The Labute approximate surface area is 182 Å². The van der Waals surface area contributed by atoms with Gasteiger partial charge in [-0.3, -0.25) is 0 Å². The summed E-state index contributed by atoms with van der Waals surface area (Å²) in [6.45, 7) is 13.3. The van der Waals surface area contributed by atoms with Crippen LogP contribution in [0.15, 0.2) is 0 Å². The molecular formula is C21H48O6Si2. The molecule has 0 unspecified atom stereocenters. The Hall–Kier alpha value is 0.194. The highest BCUT2D eigenvalue weighted by atomic mass is 28.4. The second kappa shape index (κ2) is 18.9. The van der Waals surface area contributed by atoms with Gasteiger partial charge in [0.15, 0.2) is 0 Å². The molecule has 176 valence electrons. The van der Waals surface area contributed by atoms with Gasteiger partial charge in [-0.25, -0.2) is 0 Å². The van der Waals surface area contributed by atoms with Crippen LogP contribution >= 0.6 is 0 Å². The van der Waals surface area contributed by atoms with E-state index in [9.17, 15) is 0 Å². The highest BCUT2D eigenvalue weighted by Crippen LogP contribution is 2.22. The Balaban J connectivity index is 3.91. The molecule has 29 heavy (non-hydrogen) atoms. The van der Waals surface area contributed by atoms with E-state index in [1.807, 2.05) is 34.6 Å². The molecule has 0 saturated heterocycles. The average Bonchev–Trinajstić information content (AvgIpc) is 2.70. The second-order valence-corrected chi connectivity index (χ2v) is 12.6. The average molecular weight is 453 g/mol. The molecule has 0 heterocycles. The lowest BCUT2D eigenvalue weighted by atomic mass is 10.1. The first-order valence-corrected chi connectivity index (χ1v) is 15.7. The molecule has 6 nitrogen and oxygen atoms in total. The van der Waals surface area contributed by atoms with E-state index in [1.54, 1.807) is 7.11 Å². The van der Waals surface area contributed by atoms with E-state index in [0.29, 0.717) is 33.0 Å². The zero-order valence-electron chi connectivity index (χ0n) is 20.1. The molecule has 0 radical (unpaired) electrons. The van der Waals surface area contributed by atoms with Gasteiger partial charge < -0.3 is 26.6 Å². The van der Waals surface area contributed by atoms with E-state index in [2.05, 4.69) is 0 Å². The van der Waals surface area contributed by atoms with Gasteiger partial charge in [0, 0.05) is 52.2 Å². The lowest BCUT2D eigenvalue weighted by Gasteiger charge is -2.28. The highest BCUT2D eigenvalue weighted by Gasteiger charge is 2.39. The van der Waals surface area contributed by atoms with Crippen molar-refractivity contribution in [1.82, 2.24) is 0 Å². The van der Waals surface area contributed by atoms with Crippen LogP contribution in [0, 0.1) is 0 Å². The molecule has 0 atom stereocenters. The van der Waals surface area contributed by atoms with Crippen LogP contribution in [0.1, 0.15) is 86.0 Å². The first-order chi connectivity index (χ1) is 14.1. The molecule has 0 aromatic rings. The fourth-order valence-electron chi connectivity index (χ4n) is 3.59. The van der Waals surface area contributed by atoms with Crippen molar-refractivity contribution in [1.29, 1.82) is 0 Å². The number of hydrogen-bond donors (Lipinski definition) is 0. The largest absolute Gasteiger partial charge is 0.500 e. The van der Waals surface area contributed by atoms with E-state index in [-0.39, 0.29) is 0 Å². The van der Waals surface area contributed by atoms with E-state index in [0.717, 1.165) is 24.9 Å². The van der Waals surface area contributed by atoms with Crippen molar-refractivity contribution in [2.24, 2.45) is 0 Å². The summed E-state index contributed by atoms with van der Waals surface area (Å²) in [6, 6.07) is 1.85. The van der Waals surface area contributed by atoms with Crippen molar-refractivity contribution < 1.29 is 26.6 Å². The zero-order valence-corrected chi connectivity index (χ0v) is 22.1. The minimum absolute atomic E-state index is 0.653. The highest BCUT2D eigenvalue weighted by molar-refractivity contribution is 6.61. The molecule has 0 aliphatic carbocycles. The van der Waals surface area contributed by atoms with Gasteiger partial charge in [-0.2, -0.15) is 0 Å². The maximum atomic E-state index is 5.92. The summed E-state index contributed by atoms with van der Waals surface area (Å²) >= 11 is 0. The van der Waals surface area contributed by atoms with Crippen LogP contribution in [0.2, 0.25) is 12.1 Å². The van der Waals surface area contributed by atoms with Crippen molar-refractivity contribution in [2.75, 3.05) is 40.1 Å². The molecule has 8 heteroatoms. The predicted octanol–water partition coefficient (Wildman–Crippen LogP) is 5.81. The number of unbranched alkanes of at least 4 members (excludes halogenated alkanes) is 7. The summed E-state index contributed by atoms with van der Waals surface area (Å²) in [4.78, 5) is 0. The van der Waals surface area contributed by atoms with Crippen molar-refractivity contribution in [3.8, 4) is 0 Å². The van der Waals surface area contributed by atoms with Gasteiger partial charge in [-0.05, 0) is 47.5 Å². The molecule has 0 N–H and O–H groups in total. The van der Waals surface area contributed by atoms with Crippen molar-refractivity contribution in [2.45, 2.75) is 98.1 Å². The number of hydrogen-bond acceptors (Lipinski definition) is 6. The van der Waals surface area contributed by atoms with E-state index in [1.165, 1.54) is 38.5 Å². The zero-order chi connectivity index (χ0) is 21.8. The van der Waals surface area contributed by atoms with Gasteiger partial charge in [0.2, 0.25) is 0 Å². The van der Waals surface area contributed by atoms with Gasteiger partial charge in [0.25, 0.3) is 0 Å². The Morgan fingerprint density at radius 2 is 0.690 bits per heavy atom. The van der Waals surface area contributed by atoms with Gasteiger partial charge in [-0.15, -0.1) is 0 Å². The summed E-state index contributed by atoms with van der Waals surface area (Å²) in [5.74, 6) is 0. The molecule has 0 amide bonds. The summed E-state index contributed by atoms with van der Waals surface area (Å²) in [5, 5.41) is 0. The first kappa shape index (κ1) is 29.2. The molecule has 0 rings (SSSR count). The molecule has 0 saturated carbocycles. The van der Waals surface area contributed by atoms with Crippen LogP contribution in [0.5, 0.6) is 0 Å². The predicted molar refractivity (Wildman–Crippen MR) is 123 cm³/mol. The Kier molecular flexibility index (Phi) is 19.0. The van der Waals surface area contributed by atoms with E-state index >= 15 is 0 Å². The summed E-state index contributed by atoms with van der Waals surface area (Å²) in [6.07, 6.45) is 9.78. The normalized spacial score (nSPS) is 12.6. The Morgan fingerprint density at radius 1 is 0.414 bits per heavy atom. The standard InChI is InChI=1S/C21H48O6Si2/c1-7-23-28(22-6,24-8-2)20-18-16-14-12-13-15-17-19-21-29(25-9-3,26-10-4)27-11-5/h7-21H2,1-6H3. The van der Waals surface area contributed by atoms with E-state index < -0.39 is 17.6 Å². The first-order valence-electron chi connectivity index (χ1n) is 11.8. The molecule has 0 aromatic heterocycles. The van der Waals surface area contributed by atoms with Crippen molar-refractivity contribution in [3.63, 3.8) is 0 Å². The lowest BCUT2D eigenvalue weighted by molar-refractivity contribution is 0.0706. The topological polar surface area (TPSA) is 55.4 Å². The Bertz CT molecular complexity index is 337. The number of rotatable bonds is 22. The maximum absolute atomic E-state index is 5.92. The minimum Gasteiger partial charge on any atom is -0.377 e. The second-order valence-electron chi connectivity index (χ2n) is 7.06. The molecular weight excluding hydrogens is 404 g/mol. The third kappa shape index (κ3) is 13.3. The fraction of sp³-hybridized carbons (Fsp3) is 1.00. The van der Waals surface area contributed by atoms with Crippen molar-refractivity contribution in [3.05, 3.63) is 0 Å². The van der Waals surface area contributed by atoms with Crippen LogP contribution < -0.4 is 0 Å². The molecule has 0 aliphatic rings. The lowest BCUT2D eigenvalue weighted by Crippen LogP contribution is -2.45. The van der Waals surface area contributed by atoms with Gasteiger partial charge >= 0.3 is 17.6 Å². The van der Waals surface area contributed by atoms with Crippen LogP contribution in [0.3, 0.4) is 0 Å². The minimum atomic E-state index is -2.45. The van der Waals surface area contributed by atoms with Gasteiger partial charge in [-0.1, -0.05) is 38.5 Å². The Morgan fingerprint density at radius 3 is 1.00 bits per heavy atom. The fourth-order valence-corrected chi connectivity index (χ4v) is 8.65. The van der Waals surface area contributed by atoms with Crippen LogP contribution in [-0.2, 0) is 26.6 Å². The van der Waals surface area contributed by atoms with Crippen LogP contribution in [-0.4, -0.2) is 57.8 Å². The molecule has 0 aliphatic heterocycles. The summed E-state index contributed by atoms with van der Waals surface area (Å²) < 4.78 is 35.1. The maximum Gasteiger partial charge on any atom is 0.500 e. The van der Waals surface area contributed by atoms with Gasteiger partial charge in [0.1, 0.15) is 0 Å². The van der Waals surface area contributed by atoms with E-state index in [4.69, 9.17) is 26.6 Å². The molecule has 0 fully saturated rings. The molecule has 0 bridgehead atoms. The van der Waals surface area contributed by atoms with Crippen LogP contribution in [0.4, 0.5) is 0 Å². The van der Waals surface area contributed by atoms with Crippen LogP contribution in [0.25, 0.3) is 0 Å². The summed E-state index contributed by atoms with van der Waals surface area (Å²) in [5.41, 5.74) is 0. The quantitative estimate of drug-likeness (QED) is 0.152. The van der Waals surface area contributed by atoms with Crippen molar-refractivity contribution >= 4 is 17.6 Å². The third-order valence-corrected chi connectivity index (χ3v) is 11.0. The molecule has 0 spiro atoms. The smallest absolute Gasteiger partial charge is 0.377 e. The third-order valence-electron chi connectivity index (χ3n) is 4.85.